The average molecular weight is 405 g/mol. The van der Waals surface area contributed by atoms with Gasteiger partial charge in [-0.15, -0.1) is 0 Å². The maximum atomic E-state index is 13.0. The number of benzene rings is 1. The average Bonchev–Trinajstić information content (AvgIpc) is 3.19. The van der Waals surface area contributed by atoms with Crippen LogP contribution in [0.4, 0.5) is 4.39 Å². The molecular weight excluding hydrogens is 389 g/mol. The van der Waals surface area contributed by atoms with E-state index in [0.29, 0.717) is 34.8 Å². The molecule has 2 heterocycles. The lowest BCUT2D eigenvalue weighted by Crippen LogP contribution is -2.43. The third-order valence-electron chi connectivity index (χ3n) is 4.01. The van der Waals surface area contributed by atoms with Gasteiger partial charge in [0.05, 0.1) is 4.91 Å². The van der Waals surface area contributed by atoms with E-state index in [-0.39, 0.29) is 10.1 Å². The second-order valence-electron chi connectivity index (χ2n) is 5.90. The smallest absolute Gasteiger partial charge is 0.326 e. The van der Waals surface area contributed by atoms with Gasteiger partial charge in [0, 0.05) is 11.6 Å². The van der Waals surface area contributed by atoms with Gasteiger partial charge in [-0.05, 0) is 42.8 Å². The van der Waals surface area contributed by atoms with Crippen LogP contribution in [0.25, 0.3) is 17.4 Å². The number of carboxylic acid groups (broad SMARTS) is 1. The molecule has 0 spiro atoms. The number of rotatable bonds is 6. The lowest BCUT2D eigenvalue weighted by atomic mass is 10.1. The SMILES string of the molecule is CCCC(C(=O)O)N1C(=O)C(=Cc2ccc(-c3ccc(F)cc3)o2)SC1=S. The number of amides is 1. The number of carbonyl (C=O) groups is 2. The van der Waals surface area contributed by atoms with Crippen molar-refractivity contribution in [2.24, 2.45) is 0 Å². The van der Waals surface area contributed by atoms with Crippen LogP contribution in [0.5, 0.6) is 0 Å². The Hall–Kier alpha value is -2.45. The summed E-state index contributed by atoms with van der Waals surface area (Å²) in [5.74, 6) is -0.894. The van der Waals surface area contributed by atoms with Crippen LogP contribution >= 0.6 is 24.0 Å². The van der Waals surface area contributed by atoms with Crippen molar-refractivity contribution >= 4 is 46.3 Å². The van der Waals surface area contributed by atoms with Crippen molar-refractivity contribution in [3.63, 3.8) is 0 Å². The van der Waals surface area contributed by atoms with Crippen molar-refractivity contribution in [2.75, 3.05) is 0 Å². The van der Waals surface area contributed by atoms with Crippen LogP contribution < -0.4 is 0 Å². The predicted octanol–water partition coefficient (Wildman–Crippen LogP) is 4.54. The van der Waals surface area contributed by atoms with E-state index >= 15 is 0 Å². The second-order valence-corrected chi connectivity index (χ2v) is 7.58. The van der Waals surface area contributed by atoms with Gasteiger partial charge in [0.2, 0.25) is 0 Å². The molecule has 1 aromatic heterocycles. The Bertz CT molecular complexity index is 920. The summed E-state index contributed by atoms with van der Waals surface area (Å²) in [5.41, 5.74) is 0.706. The van der Waals surface area contributed by atoms with Crippen molar-refractivity contribution in [3.8, 4) is 11.3 Å². The number of thioether (sulfide) groups is 1. The molecule has 0 bridgehead atoms. The topological polar surface area (TPSA) is 70.8 Å². The van der Waals surface area contributed by atoms with Crippen LogP contribution in [0.15, 0.2) is 45.7 Å². The Morgan fingerprint density at radius 2 is 2.04 bits per heavy atom. The molecular formula is C19H16FNO4S2. The molecule has 1 atom stereocenters. The first kappa shape index (κ1) is 19.3. The van der Waals surface area contributed by atoms with E-state index in [1.54, 1.807) is 24.3 Å². The Morgan fingerprint density at radius 3 is 2.67 bits per heavy atom. The van der Waals surface area contributed by atoms with Crippen LogP contribution in [-0.2, 0) is 9.59 Å². The summed E-state index contributed by atoms with van der Waals surface area (Å²) < 4.78 is 19.0. The van der Waals surface area contributed by atoms with Crippen molar-refractivity contribution < 1.29 is 23.5 Å². The molecule has 1 saturated heterocycles. The zero-order valence-electron chi connectivity index (χ0n) is 14.3. The second kappa shape index (κ2) is 8.06. The molecule has 140 valence electrons. The quantitative estimate of drug-likeness (QED) is 0.562. The zero-order chi connectivity index (χ0) is 19.6. The highest BCUT2D eigenvalue weighted by atomic mass is 32.2. The minimum atomic E-state index is -1.08. The molecule has 1 aliphatic heterocycles. The van der Waals surface area contributed by atoms with Crippen molar-refractivity contribution in [1.82, 2.24) is 4.90 Å². The molecule has 27 heavy (non-hydrogen) atoms. The Labute approximate surface area is 164 Å². The summed E-state index contributed by atoms with van der Waals surface area (Å²) in [4.78, 5) is 25.6. The number of hydrogen-bond acceptors (Lipinski definition) is 5. The highest BCUT2D eigenvalue weighted by Crippen LogP contribution is 2.35. The number of aliphatic carboxylic acids is 1. The minimum absolute atomic E-state index is 0.220. The molecule has 1 N–H and O–H groups in total. The Kier molecular flexibility index (Phi) is 5.76. The van der Waals surface area contributed by atoms with E-state index in [1.165, 1.54) is 18.2 Å². The van der Waals surface area contributed by atoms with Crippen molar-refractivity contribution in [2.45, 2.75) is 25.8 Å². The Morgan fingerprint density at radius 1 is 1.33 bits per heavy atom. The first-order valence-corrected chi connectivity index (χ1v) is 9.49. The molecule has 2 aromatic rings. The molecule has 0 radical (unpaired) electrons. The van der Waals surface area contributed by atoms with Crippen molar-refractivity contribution in [3.05, 3.63) is 52.9 Å². The normalized spacial score (nSPS) is 17.0. The summed E-state index contributed by atoms with van der Waals surface area (Å²) in [7, 11) is 0. The maximum Gasteiger partial charge on any atom is 0.326 e. The van der Waals surface area contributed by atoms with Gasteiger partial charge in [0.1, 0.15) is 27.7 Å². The molecule has 5 nitrogen and oxygen atoms in total. The molecule has 1 fully saturated rings. The van der Waals surface area contributed by atoms with Crippen LogP contribution in [0.3, 0.4) is 0 Å². The van der Waals surface area contributed by atoms with Gasteiger partial charge in [0.25, 0.3) is 5.91 Å². The van der Waals surface area contributed by atoms with Crippen LogP contribution in [0.2, 0.25) is 0 Å². The monoisotopic (exact) mass is 405 g/mol. The van der Waals surface area contributed by atoms with E-state index < -0.39 is 17.9 Å². The molecule has 0 aliphatic carbocycles. The summed E-state index contributed by atoms with van der Waals surface area (Å²) in [6, 6.07) is 8.30. The first-order valence-electron chi connectivity index (χ1n) is 8.26. The van der Waals surface area contributed by atoms with Crippen LogP contribution in [0, 0.1) is 5.82 Å². The fourth-order valence-corrected chi connectivity index (χ4v) is 4.05. The van der Waals surface area contributed by atoms with Gasteiger partial charge in [-0.3, -0.25) is 9.69 Å². The largest absolute Gasteiger partial charge is 0.480 e. The fraction of sp³-hybridized carbons (Fsp3) is 0.211. The predicted molar refractivity (Wildman–Crippen MR) is 105 cm³/mol. The summed E-state index contributed by atoms with van der Waals surface area (Å²) in [6.45, 7) is 1.85. The lowest BCUT2D eigenvalue weighted by molar-refractivity contribution is -0.145. The van der Waals surface area contributed by atoms with E-state index in [1.807, 2.05) is 6.92 Å². The number of furan rings is 1. The van der Waals surface area contributed by atoms with Crippen LogP contribution in [0.1, 0.15) is 25.5 Å². The van der Waals surface area contributed by atoms with Gasteiger partial charge >= 0.3 is 5.97 Å². The van der Waals surface area contributed by atoms with E-state index in [9.17, 15) is 19.1 Å². The zero-order valence-corrected chi connectivity index (χ0v) is 16.0. The summed E-state index contributed by atoms with van der Waals surface area (Å²) >= 11 is 6.26. The minimum Gasteiger partial charge on any atom is -0.480 e. The molecule has 1 amide bonds. The van der Waals surface area contributed by atoms with E-state index in [0.717, 1.165) is 16.7 Å². The summed E-state index contributed by atoms with van der Waals surface area (Å²) in [6.07, 6.45) is 2.48. The third-order valence-corrected chi connectivity index (χ3v) is 5.34. The third kappa shape index (κ3) is 4.12. The number of carboxylic acids is 1. The van der Waals surface area contributed by atoms with Crippen LogP contribution in [-0.4, -0.2) is 32.2 Å². The molecule has 8 heteroatoms. The fourth-order valence-electron chi connectivity index (χ4n) is 2.71. The van der Waals surface area contributed by atoms with E-state index in [2.05, 4.69) is 0 Å². The highest BCUT2D eigenvalue weighted by molar-refractivity contribution is 8.26. The molecule has 1 aliphatic rings. The Balaban J connectivity index is 1.84. The van der Waals surface area contributed by atoms with Gasteiger partial charge in [-0.2, -0.15) is 0 Å². The van der Waals surface area contributed by atoms with Gasteiger partial charge in [0.15, 0.2) is 0 Å². The number of nitrogens with zero attached hydrogens (tertiary/aromatic N) is 1. The van der Waals surface area contributed by atoms with Crippen molar-refractivity contribution in [1.29, 1.82) is 0 Å². The highest BCUT2D eigenvalue weighted by Gasteiger charge is 2.40. The molecule has 0 saturated carbocycles. The molecule has 3 rings (SSSR count). The van der Waals surface area contributed by atoms with Gasteiger partial charge < -0.3 is 9.52 Å². The maximum absolute atomic E-state index is 13.0. The van der Waals surface area contributed by atoms with Gasteiger partial charge in [-0.25, -0.2) is 9.18 Å². The van der Waals surface area contributed by atoms with E-state index in [4.69, 9.17) is 16.6 Å². The lowest BCUT2D eigenvalue weighted by Gasteiger charge is -2.22. The standard InChI is InChI=1S/C19H16FNO4S2/c1-2-3-14(18(23)24)21-17(22)16(27-19(21)26)10-13-8-9-15(25-13)11-4-6-12(20)7-5-11/h4-10,14H,2-3H2,1H3,(H,23,24). The number of carbonyl (C=O) groups excluding carboxylic acids is 1. The summed E-state index contributed by atoms with van der Waals surface area (Å²) in [5, 5.41) is 9.40. The number of halogens is 1. The first-order chi connectivity index (χ1) is 12.9. The number of hydrogen-bond donors (Lipinski definition) is 1. The van der Waals surface area contributed by atoms with Gasteiger partial charge in [-0.1, -0.05) is 37.3 Å². The molecule has 1 unspecified atom stereocenters. The number of thiocarbonyl (C=S) groups is 1. The molecule has 1 aromatic carbocycles.